The van der Waals surface area contributed by atoms with Crippen molar-refractivity contribution >= 4 is 11.7 Å². The van der Waals surface area contributed by atoms with Crippen molar-refractivity contribution in [2.45, 2.75) is 27.2 Å². The maximum atomic E-state index is 11.7. The second-order valence-electron chi connectivity index (χ2n) is 7.13. The lowest BCUT2D eigenvalue weighted by molar-refractivity contribution is -0.129. The molecule has 0 spiro atoms. The first-order valence-electron chi connectivity index (χ1n) is 8.99. The summed E-state index contributed by atoms with van der Waals surface area (Å²) in [6.07, 6.45) is 0.565. The van der Waals surface area contributed by atoms with Gasteiger partial charge in [0.1, 0.15) is 5.78 Å². The van der Waals surface area contributed by atoms with Gasteiger partial charge < -0.3 is 14.7 Å². The van der Waals surface area contributed by atoms with Crippen LogP contribution in [0.4, 0.5) is 0 Å². The van der Waals surface area contributed by atoms with Crippen LogP contribution < -0.4 is 0 Å². The SMILES string of the molecule is CCC(=O)N(C)CCN(C)CCN(C)CCN(C)CC(=O)C(C)C. The Bertz CT molecular complexity index is 374. The van der Waals surface area contributed by atoms with Gasteiger partial charge in [-0.15, -0.1) is 0 Å². The number of Topliss-reactive ketones (excluding diaryl/α,β-unsaturated/α-hetero) is 1. The van der Waals surface area contributed by atoms with E-state index in [2.05, 4.69) is 28.8 Å². The Morgan fingerprint density at radius 2 is 1.17 bits per heavy atom. The number of carbonyl (C=O) groups excluding carboxylic acids is 2. The minimum atomic E-state index is 0.108. The molecule has 0 N–H and O–H groups in total. The molecule has 0 aliphatic heterocycles. The number of rotatable bonds is 13. The van der Waals surface area contributed by atoms with Crippen LogP contribution in [0.25, 0.3) is 0 Å². The summed E-state index contributed by atoms with van der Waals surface area (Å²) in [6.45, 7) is 11.8. The lowest BCUT2D eigenvalue weighted by Gasteiger charge is -2.25. The molecule has 6 nitrogen and oxygen atoms in total. The zero-order valence-corrected chi connectivity index (χ0v) is 16.8. The summed E-state index contributed by atoms with van der Waals surface area (Å²) in [5.41, 5.74) is 0. The normalized spacial score (nSPS) is 11.8. The average Bonchev–Trinajstić information content (AvgIpc) is 2.54. The molecule has 0 saturated carbocycles. The van der Waals surface area contributed by atoms with Crippen molar-refractivity contribution in [1.82, 2.24) is 19.6 Å². The van der Waals surface area contributed by atoms with Crippen molar-refractivity contribution in [3.63, 3.8) is 0 Å². The van der Waals surface area contributed by atoms with Gasteiger partial charge in [0.2, 0.25) is 5.91 Å². The molecule has 0 unspecified atom stereocenters. The predicted molar refractivity (Wildman–Crippen MR) is 100 cm³/mol. The van der Waals surface area contributed by atoms with Crippen LogP contribution in [-0.4, -0.2) is 105 Å². The molecule has 0 radical (unpaired) electrons. The van der Waals surface area contributed by atoms with E-state index in [0.717, 1.165) is 39.3 Å². The Labute approximate surface area is 148 Å². The Kier molecular flexibility index (Phi) is 11.9. The topological polar surface area (TPSA) is 47.1 Å². The van der Waals surface area contributed by atoms with Gasteiger partial charge in [0.15, 0.2) is 0 Å². The van der Waals surface area contributed by atoms with E-state index < -0.39 is 0 Å². The molecule has 24 heavy (non-hydrogen) atoms. The first kappa shape index (κ1) is 23.0. The maximum absolute atomic E-state index is 11.7. The third-order valence-electron chi connectivity index (χ3n) is 4.34. The number of carbonyl (C=O) groups is 2. The van der Waals surface area contributed by atoms with E-state index in [1.807, 2.05) is 34.9 Å². The van der Waals surface area contributed by atoms with Crippen LogP contribution in [0, 0.1) is 5.92 Å². The summed E-state index contributed by atoms with van der Waals surface area (Å²) >= 11 is 0. The van der Waals surface area contributed by atoms with Crippen molar-refractivity contribution in [2.24, 2.45) is 5.92 Å². The quantitative estimate of drug-likeness (QED) is 0.497. The molecule has 0 bridgehead atoms. The third-order valence-corrected chi connectivity index (χ3v) is 4.34. The van der Waals surface area contributed by atoms with E-state index in [9.17, 15) is 9.59 Å². The molecular formula is C18H38N4O2. The van der Waals surface area contributed by atoms with Crippen molar-refractivity contribution in [3.05, 3.63) is 0 Å². The Morgan fingerprint density at radius 3 is 1.58 bits per heavy atom. The standard InChI is InChI=1S/C18H38N4O2/c1-8-18(24)22(7)14-13-20(5)10-9-19(4)11-12-21(6)15-17(23)16(2)3/h16H,8-15H2,1-7H3. The number of hydrogen-bond donors (Lipinski definition) is 0. The van der Waals surface area contributed by atoms with Gasteiger partial charge >= 0.3 is 0 Å². The second-order valence-corrected chi connectivity index (χ2v) is 7.13. The van der Waals surface area contributed by atoms with E-state index in [1.165, 1.54) is 0 Å². The summed E-state index contributed by atoms with van der Waals surface area (Å²) in [5.74, 6) is 0.599. The summed E-state index contributed by atoms with van der Waals surface area (Å²) in [4.78, 5) is 31.7. The maximum Gasteiger partial charge on any atom is 0.222 e. The smallest absolute Gasteiger partial charge is 0.222 e. The van der Waals surface area contributed by atoms with Crippen LogP contribution in [0.1, 0.15) is 27.2 Å². The summed E-state index contributed by atoms with van der Waals surface area (Å²) < 4.78 is 0. The summed E-state index contributed by atoms with van der Waals surface area (Å²) in [5, 5.41) is 0. The van der Waals surface area contributed by atoms with Gasteiger partial charge in [-0.25, -0.2) is 0 Å². The zero-order chi connectivity index (χ0) is 18.7. The van der Waals surface area contributed by atoms with Gasteiger partial charge in [-0.3, -0.25) is 14.5 Å². The molecular weight excluding hydrogens is 304 g/mol. The van der Waals surface area contributed by atoms with Crippen molar-refractivity contribution in [2.75, 3.05) is 74.0 Å². The monoisotopic (exact) mass is 342 g/mol. The third kappa shape index (κ3) is 10.7. The first-order chi connectivity index (χ1) is 11.2. The van der Waals surface area contributed by atoms with Gasteiger partial charge in [-0.1, -0.05) is 20.8 Å². The molecule has 0 aromatic heterocycles. The molecule has 0 aromatic carbocycles. The van der Waals surface area contributed by atoms with Crippen molar-refractivity contribution < 1.29 is 9.59 Å². The Morgan fingerprint density at radius 1 is 0.750 bits per heavy atom. The number of likely N-dealkylation sites (N-methyl/N-ethyl adjacent to an activating group) is 4. The second kappa shape index (κ2) is 12.4. The number of nitrogens with zero attached hydrogens (tertiary/aromatic N) is 4. The highest BCUT2D eigenvalue weighted by Gasteiger charge is 2.11. The molecule has 0 atom stereocenters. The van der Waals surface area contributed by atoms with Gasteiger partial charge in [0.05, 0.1) is 6.54 Å². The summed E-state index contributed by atoms with van der Waals surface area (Å²) in [7, 11) is 8.06. The Balaban J connectivity index is 3.86. The fraction of sp³-hybridized carbons (Fsp3) is 0.889. The first-order valence-corrected chi connectivity index (χ1v) is 8.99. The molecule has 1 amide bonds. The largest absolute Gasteiger partial charge is 0.344 e. The molecule has 0 saturated heterocycles. The lowest BCUT2D eigenvalue weighted by Crippen LogP contribution is -2.39. The van der Waals surface area contributed by atoms with Crippen LogP contribution in [0.15, 0.2) is 0 Å². The molecule has 0 heterocycles. The van der Waals surface area contributed by atoms with E-state index in [-0.39, 0.29) is 11.8 Å². The number of hydrogen-bond acceptors (Lipinski definition) is 5. The molecule has 0 aliphatic rings. The fourth-order valence-corrected chi connectivity index (χ4v) is 2.15. The minimum absolute atomic E-state index is 0.108. The molecule has 0 aromatic rings. The predicted octanol–water partition coefficient (Wildman–Crippen LogP) is 0.875. The van der Waals surface area contributed by atoms with Crippen molar-refractivity contribution in [1.29, 1.82) is 0 Å². The van der Waals surface area contributed by atoms with Crippen LogP contribution in [0.2, 0.25) is 0 Å². The van der Waals surface area contributed by atoms with Crippen LogP contribution >= 0.6 is 0 Å². The average molecular weight is 343 g/mol. The van der Waals surface area contributed by atoms with E-state index in [1.54, 1.807) is 4.90 Å². The summed E-state index contributed by atoms with van der Waals surface area (Å²) in [6, 6.07) is 0. The zero-order valence-electron chi connectivity index (χ0n) is 16.8. The van der Waals surface area contributed by atoms with Crippen LogP contribution in [0.5, 0.6) is 0 Å². The molecule has 142 valence electrons. The number of amides is 1. The minimum Gasteiger partial charge on any atom is -0.344 e. The molecule has 6 heteroatoms. The van der Waals surface area contributed by atoms with Gasteiger partial charge in [-0.05, 0) is 21.1 Å². The highest BCUT2D eigenvalue weighted by molar-refractivity contribution is 5.82. The van der Waals surface area contributed by atoms with Crippen LogP contribution in [0.3, 0.4) is 0 Å². The molecule has 0 fully saturated rings. The van der Waals surface area contributed by atoms with E-state index >= 15 is 0 Å². The molecule has 0 aliphatic carbocycles. The van der Waals surface area contributed by atoms with Crippen LogP contribution in [-0.2, 0) is 9.59 Å². The molecule has 0 rings (SSSR count). The van der Waals surface area contributed by atoms with Crippen molar-refractivity contribution in [3.8, 4) is 0 Å². The van der Waals surface area contributed by atoms with Gasteiger partial charge in [-0.2, -0.15) is 0 Å². The van der Waals surface area contributed by atoms with Gasteiger partial charge in [0, 0.05) is 58.7 Å². The number of ketones is 1. The van der Waals surface area contributed by atoms with Gasteiger partial charge in [0.25, 0.3) is 0 Å². The highest BCUT2D eigenvalue weighted by Crippen LogP contribution is 1.97. The van der Waals surface area contributed by atoms with E-state index in [0.29, 0.717) is 18.7 Å². The lowest BCUT2D eigenvalue weighted by atomic mass is 10.1. The van der Waals surface area contributed by atoms with E-state index in [4.69, 9.17) is 0 Å². The highest BCUT2D eigenvalue weighted by atomic mass is 16.2. The Hall–Kier alpha value is -0.980. The fourth-order valence-electron chi connectivity index (χ4n) is 2.15.